The fourth-order valence-electron chi connectivity index (χ4n) is 3.59. The fourth-order valence-corrected chi connectivity index (χ4v) is 4.82. The highest BCUT2D eigenvalue weighted by Gasteiger charge is 2.26. The maximum absolute atomic E-state index is 13.1. The molecule has 0 spiro atoms. The summed E-state index contributed by atoms with van der Waals surface area (Å²) in [6.07, 6.45) is 1.57. The van der Waals surface area contributed by atoms with Gasteiger partial charge in [0, 0.05) is 31.6 Å². The van der Waals surface area contributed by atoms with E-state index in [-0.39, 0.29) is 31.3 Å². The van der Waals surface area contributed by atoms with Gasteiger partial charge in [-0.25, -0.2) is 8.42 Å². The Labute approximate surface area is 201 Å². The second kappa shape index (κ2) is 11.5. The van der Waals surface area contributed by atoms with Crippen molar-refractivity contribution >= 4 is 39.1 Å². The van der Waals surface area contributed by atoms with Crippen molar-refractivity contribution in [3.8, 4) is 0 Å². The zero-order chi connectivity index (χ0) is 24.8. The third-order valence-corrected chi connectivity index (χ3v) is 6.86. The fraction of sp³-hybridized carbons (Fsp3) is 0.417. The molecule has 2 aromatic carbocycles. The lowest BCUT2D eigenvalue weighted by atomic mass is 10.1. The smallest absolute Gasteiger partial charge is 0.242 e. The SMILES string of the molecule is CNC(=O)[C@H](C)N(Cc1cccc(Cl)c1)C(=O)CCCN(c1cc(C)ccc1C)S(C)(=O)=O. The van der Waals surface area contributed by atoms with E-state index >= 15 is 0 Å². The van der Waals surface area contributed by atoms with Crippen LogP contribution >= 0.6 is 11.6 Å². The van der Waals surface area contributed by atoms with E-state index in [1.165, 1.54) is 16.3 Å². The van der Waals surface area contributed by atoms with Crippen molar-refractivity contribution in [1.82, 2.24) is 10.2 Å². The molecule has 0 unspecified atom stereocenters. The summed E-state index contributed by atoms with van der Waals surface area (Å²) in [5.74, 6) is -0.515. The number of nitrogens with one attached hydrogen (secondary N) is 1. The van der Waals surface area contributed by atoms with Gasteiger partial charge in [-0.05, 0) is 62.1 Å². The molecule has 0 bridgehead atoms. The van der Waals surface area contributed by atoms with Gasteiger partial charge < -0.3 is 10.2 Å². The summed E-state index contributed by atoms with van der Waals surface area (Å²) >= 11 is 6.08. The van der Waals surface area contributed by atoms with Gasteiger partial charge in [0.05, 0.1) is 11.9 Å². The Hall–Kier alpha value is -2.58. The number of carbonyl (C=O) groups excluding carboxylic acids is 2. The summed E-state index contributed by atoms with van der Waals surface area (Å²) in [6.45, 7) is 5.81. The van der Waals surface area contributed by atoms with E-state index in [2.05, 4.69) is 5.32 Å². The van der Waals surface area contributed by atoms with E-state index in [9.17, 15) is 18.0 Å². The van der Waals surface area contributed by atoms with Crippen LogP contribution in [0.15, 0.2) is 42.5 Å². The normalized spacial score (nSPS) is 12.2. The zero-order valence-corrected chi connectivity index (χ0v) is 21.3. The van der Waals surface area contributed by atoms with Crippen molar-refractivity contribution < 1.29 is 18.0 Å². The van der Waals surface area contributed by atoms with Crippen molar-refractivity contribution in [2.24, 2.45) is 0 Å². The van der Waals surface area contributed by atoms with Gasteiger partial charge in [-0.15, -0.1) is 0 Å². The van der Waals surface area contributed by atoms with Crippen LogP contribution in [0.4, 0.5) is 5.69 Å². The summed E-state index contributed by atoms with van der Waals surface area (Å²) in [6, 6.07) is 12.1. The average Bonchev–Trinajstić information content (AvgIpc) is 2.75. The molecule has 2 aromatic rings. The molecular weight excluding hydrogens is 462 g/mol. The molecule has 0 saturated carbocycles. The summed E-state index contributed by atoms with van der Waals surface area (Å²) in [7, 11) is -2.01. The van der Waals surface area contributed by atoms with Crippen molar-refractivity contribution in [3.63, 3.8) is 0 Å². The first-order chi connectivity index (χ1) is 15.4. The number of hydrogen-bond acceptors (Lipinski definition) is 4. The van der Waals surface area contributed by atoms with Gasteiger partial charge in [0.2, 0.25) is 21.8 Å². The number of carbonyl (C=O) groups is 2. The van der Waals surface area contributed by atoms with E-state index in [1.54, 1.807) is 25.1 Å². The molecule has 0 fully saturated rings. The quantitative estimate of drug-likeness (QED) is 0.547. The molecule has 0 radical (unpaired) electrons. The van der Waals surface area contributed by atoms with Crippen LogP contribution < -0.4 is 9.62 Å². The molecule has 0 aliphatic carbocycles. The maximum atomic E-state index is 13.1. The van der Waals surface area contributed by atoms with Crippen LogP contribution in [0.25, 0.3) is 0 Å². The van der Waals surface area contributed by atoms with Crippen LogP contribution in [0.5, 0.6) is 0 Å². The lowest BCUT2D eigenvalue weighted by molar-refractivity contribution is -0.140. The lowest BCUT2D eigenvalue weighted by Crippen LogP contribution is -2.46. The number of rotatable bonds is 10. The van der Waals surface area contributed by atoms with Crippen LogP contribution in [-0.2, 0) is 26.2 Å². The molecule has 7 nitrogen and oxygen atoms in total. The molecule has 2 amide bonds. The Bertz CT molecular complexity index is 1100. The Morgan fingerprint density at radius 2 is 1.82 bits per heavy atom. The molecule has 9 heteroatoms. The van der Waals surface area contributed by atoms with Crippen molar-refractivity contribution in [2.45, 2.75) is 46.2 Å². The standard InChI is InChI=1S/C24H32ClN3O4S/c1-17-11-12-18(2)22(14-17)28(33(5,31)32)13-7-10-23(29)27(19(3)24(30)26-4)16-20-8-6-9-21(25)15-20/h6,8-9,11-12,14-15,19H,7,10,13,16H2,1-5H3,(H,26,30)/t19-/m0/s1. The minimum absolute atomic E-state index is 0.0960. The molecule has 0 saturated heterocycles. The maximum Gasteiger partial charge on any atom is 0.242 e. The first-order valence-electron chi connectivity index (χ1n) is 10.7. The van der Waals surface area contributed by atoms with Crippen LogP contribution in [0.2, 0.25) is 5.02 Å². The molecule has 2 rings (SSSR count). The van der Waals surface area contributed by atoms with Crippen LogP contribution in [0.1, 0.15) is 36.5 Å². The number of aryl methyl sites for hydroxylation is 2. The molecule has 0 aromatic heterocycles. The summed E-state index contributed by atoms with van der Waals surface area (Å²) in [5, 5.41) is 3.12. The lowest BCUT2D eigenvalue weighted by Gasteiger charge is -2.29. The third-order valence-electron chi connectivity index (χ3n) is 5.44. The summed E-state index contributed by atoms with van der Waals surface area (Å²) < 4.78 is 26.3. The molecule has 1 atom stereocenters. The Balaban J connectivity index is 2.18. The zero-order valence-electron chi connectivity index (χ0n) is 19.8. The van der Waals surface area contributed by atoms with E-state index in [4.69, 9.17) is 11.6 Å². The van der Waals surface area contributed by atoms with Gasteiger partial charge in [-0.1, -0.05) is 35.9 Å². The largest absolute Gasteiger partial charge is 0.357 e. The highest BCUT2D eigenvalue weighted by atomic mass is 35.5. The predicted molar refractivity (Wildman–Crippen MR) is 133 cm³/mol. The Kier molecular flexibility index (Phi) is 9.31. The highest BCUT2D eigenvalue weighted by molar-refractivity contribution is 7.92. The minimum Gasteiger partial charge on any atom is -0.357 e. The number of likely N-dealkylation sites (N-methyl/N-ethyl adjacent to an activating group) is 1. The van der Waals surface area contributed by atoms with Gasteiger partial charge in [-0.2, -0.15) is 0 Å². The van der Waals surface area contributed by atoms with E-state index in [0.29, 0.717) is 17.1 Å². The number of benzene rings is 2. The van der Waals surface area contributed by atoms with Gasteiger partial charge in [0.15, 0.2) is 0 Å². The summed E-state index contributed by atoms with van der Waals surface area (Å²) in [4.78, 5) is 26.9. The Morgan fingerprint density at radius 3 is 2.42 bits per heavy atom. The van der Waals surface area contributed by atoms with Crippen molar-refractivity contribution in [1.29, 1.82) is 0 Å². The van der Waals surface area contributed by atoms with E-state index in [1.807, 2.05) is 38.1 Å². The first-order valence-corrected chi connectivity index (χ1v) is 13.0. The molecule has 0 aliphatic heterocycles. The summed E-state index contributed by atoms with van der Waals surface area (Å²) in [5.41, 5.74) is 3.21. The highest BCUT2D eigenvalue weighted by Crippen LogP contribution is 2.25. The molecule has 180 valence electrons. The van der Waals surface area contributed by atoms with Crippen LogP contribution in [0, 0.1) is 13.8 Å². The number of anilines is 1. The number of sulfonamides is 1. The van der Waals surface area contributed by atoms with Crippen LogP contribution in [0.3, 0.4) is 0 Å². The molecule has 0 heterocycles. The number of hydrogen-bond donors (Lipinski definition) is 1. The molecular formula is C24H32ClN3O4S. The molecule has 0 aliphatic rings. The van der Waals surface area contributed by atoms with Gasteiger partial charge in [-0.3, -0.25) is 13.9 Å². The first kappa shape index (κ1) is 26.7. The molecule has 33 heavy (non-hydrogen) atoms. The predicted octanol–water partition coefficient (Wildman–Crippen LogP) is 3.67. The van der Waals surface area contributed by atoms with Crippen molar-refractivity contribution in [3.05, 3.63) is 64.2 Å². The number of amides is 2. The minimum atomic E-state index is -3.53. The topological polar surface area (TPSA) is 86.8 Å². The van der Waals surface area contributed by atoms with Gasteiger partial charge in [0.25, 0.3) is 0 Å². The second-order valence-electron chi connectivity index (χ2n) is 8.17. The van der Waals surface area contributed by atoms with Crippen LogP contribution in [-0.4, -0.2) is 51.0 Å². The monoisotopic (exact) mass is 493 g/mol. The number of halogens is 1. The Morgan fingerprint density at radius 1 is 1.12 bits per heavy atom. The second-order valence-corrected chi connectivity index (χ2v) is 10.5. The van der Waals surface area contributed by atoms with E-state index < -0.39 is 16.1 Å². The van der Waals surface area contributed by atoms with E-state index in [0.717, 1.165) is 22.9 Å². The average molecular weight is 494 g/mol. The third kappa shape index (κ3) is 7.47. The van der Waals surface area contributed by atoms with Gasteiger partial charge in [0.1, 0.15) is 6.04 Å². The molecule has 1 N–H and O–H groups in total. The number of nitrogens with zero attached hydrogens (tertiary/aromatic N) is 2. The van der Waals surface area contributed by atoms with Gasteiger partial charge >= 0.3 is 0 Å². The van der Waals surface area contributed by atoms with Crippen molar-refractivity contribution in [2.75, 3.05) is 24.2 Å².